The number of carbonyl (C=O) groups is 4. The predicted octanol–water partition coefficient (Wildman–Crippen LogP) is 7.21. The van der Waals surface area contributed by atoms with Crippen LogP contribution in [0.5, 0.6) is 0 Å². The molecule has 1 aromatic rings. The average molecular weight is 726 g/mol. The number of carbonyl (C=O) groups excluding carboxylic acids is 4. The van der Waals surface area contributed by atoms with Gasteiger partial charge in [-0.2, -0.15) is 0 Å². The molecule has 3 aliphatic rings. The first-order valence-electron chi connectivity index (χ1n) is 19.9. The summed E-state index contributed by atoms with van der Waals surface area (Å²) in [7, 11) is 1.30. The summed E-state index contributed by atoms with van der Waals surface area (Å²) < 4.78 is 29.7. The molecule has 10 heteroatoms. The second kappa shape index (κ2) is 23.0. The van der Waals surface area contributed by atoms with Crippen LogP contribution in [0.2, 0.25) is 0 Å². The van der Waals surface area contributed by atoms with E-state index < -0.39 is 17.9 Å². The van der Waals surface area contributed by atoms with Crippen LogP contribution < -0.4 is 5.32 Å². The summed E-state index contributed by atoms with van der Waals surface area (Å²) >= 11 is 0. The molecule has 1 aromatic carbocycles. The Hall–Kier alpha value is -2.92. The molecule has 2 heterocycles. The topological polar surface area (TPSA) is 126 Å². The molecule has 2 unspecified atom stereocenters. The second-order valence-corrected chi connectivity index (χ2v) is 14.9. The Morgan fingerprint density at radius 1 is 0.962 bits per heavy atom. The molecule has 290 valence electrons. The molecule has 0 aromatic heterocycles. The van der Waals surface area contributed by atoms with E-state index in [9.17, 15) is 19.2 Å². The Bertz CT molecular complexity index is 1260. The number of methoxy groups -OCH3 is 1. The van der Waals surface area contributed by atoms with E-state index in [0.29, 0.717) is 38.4 Å². The van der Waals surface area contributed by atoms with E-state index >= 15 is 0 Å². The molecule has 52 heavy (non-hydrogen) atoms. The Morgan fingerprint density at radius 2 is 1.67 bits per heavy atom. The zero-order valence-corrected chi connectivity index (χ0v) is 31.8. The minimum Gasteiger partial charge on any atom is -0.467 e. The minimum atomic E-state index is -0.784. The molecule has 3 fully saturated rings. The van der Waals surface area contributed by atoms with Gasteiger partial charge in [0, 0.05) is 57.2 Å². The number of unbranched alkanes of at least 4 members (excludes halogenated alkanes) is 2. The third-order valence-electron chi connectivity index (χ3n) is 10.5. The van der Waals surface area contributed by atoms with Crippen LogP contribution in [0, 0.1) is 17.8 Å². The predicted molar refractivity (Wildman–Crippen MR) is 198 cm³/mol. The van der Waals surface area contributed by atoms with E-state index in [2.05, 4.69) is 31.3 Å². The van der Waals surface area contributed by atoms with Crippen molar-refractivity contribution in [2.24, 2.45) is 17.8 Å². The van der Waals surface area contributed by atoms with E-state index in [1.807, 2.05) is 30.3 Å². The van der Waals surface area contributed by atoms with Gasteiger partial charge in [0.2, 0.25) is 5.91 Å². The molecule has 0 spiro atoms. The monoisotopic (exact) mass is 725 g/mol. The molecular weight excluding hydrogens is 662 g/mol. The first-order chi connectivity index (χ1) is 25.2. The lowest BCUT2D eigenvalue weighted by Crippen LogP contribution is -2.43. The lowest BCUT2D eigenvalue weighted by atomic mass is 9.87. The maximum absolute atomic E-state index is 13.5. The van der Waals surface area contributed by atoms with E-state index in [1.54, 1.807) is 0 Å². The molecule has 4 rings (SSSR count). The summed E-state index contributed by atoms with van der Waals surface area (Å²) in [6, 6.07) is 8.67. The van der Waals surface area contributed by atoms with Gasteiger partial charge in [-0.1, -0.05) is 75.6 Å². The third-order valence-corrected chi connectivity index (χ3v) is 10.5. The summed E-state index contributed by atoms with van der Waals surface area (Å²) in [6.45, 7) is 5.82. The van der Waals surface area contributed by atoms with Crippen molar-refractivity contribution in [3.63, 3.8) is 0 Å². The quantitative estimate of drug-likeness (QED) is 0.0750. The van der Waals surface area contributed by atoms with Crippen molar-refractivity contribution in [1.29, 1.82) is 0 Å². The van der Waals surface area contributed by atoms with E-state index in [4.69, 9.17) is 23.7 Å². The van der Waals surface area contributed by atoms with Crippen LogP contribution in [0.15, 0.2) is 42.5 Å². The van der Waals surface area contributed by atoms with Crippen molar-refractivity contribution >= 4 is 23.4 Å². The van der Waals surface area contributed by atoms with Crippen molar-refractivity contribution in [1.82, 2.24) is 5.32 Å². The number of amides is 1. The summed E-state index contributed by atoms with van der Waals surface area (Å²) in [6.07, 6.45) is 15.4. The van der Waals surface area contributed by atoms with Gasteiger partial charge in [0.05, 0.1) is 19.3 Å². The van der Waals surface area contributed by atoms with E-state index in [0.717, 1.165) is 63.4 Å². The largest absolute Gasteiger partial charge is 0.467 e. The van der Waals surface area contributed by atoms with Gasteiger partial charge in [-0.05, 0) is 69.3 Å². The van der Waals surface area contributed by atoms with Gasteiger partial charge < -0.3 is 29.0 Å². The standard InChI is InChI=1S/C42H63NO9/c1-4-5-15-30(2)26-33(51-40-20-11-13-24-49-40)22-23-34-35(37(45)29-38(34)52-41-21-12-14-25-50-41)28-32(44)18-9-10-19-39(46)43-36(42(47)48-3)27-31-16-7-6-8-17-31/h6-8,16-17,22-23,30,33-36,38,40-41H,4-5,9-15,18-21,24-29H2,1-3H3,(H,43,46)/b23-22+/t30-,33-,34+,35+,36-,38+,40?,41?/m0/s1. The van der Waals surface area contributed by atoms with Gasteiger partial charge in [-0.15, -0.1) is 0 Å². The fourth-order valence-corrected chi connectivity index (χ4v) is 7.54. The smallest absolute Gasteiger partial charge is 0.328 e. The Morgan fingerprint density at radius 3 is 2.35 bits per heavy atom. The average Bonchev–Trinajstić information content (AvgIpc) is 3.44. The summed E-state index contributed by atoms with van der Waals surface area (Å²) in [5, 5.41) is 2.79. The van der Waals surface area contributed by atoms with Crippen LogP contribution in [0.1, 0.15) is 122 Å². The summed E-state index contributed by atoms with van der Waals surface area (Å²) in [4.78, 5) is 51.9. The van der Waals surface area contributed by atoms with Gasteiger partial charge in [0.1, 0.15) is 17.6 Å². The summed E-state index contributed by atoms with van der Waals surface area (Å²) in [5.74, 6) is -0.999. The number of hydrogen-bond donors (Lipinski definition) is 1. The molecule has 0 bridgehead atoms. The van der Waals surface area contributed by atoms with Gasteiger partial charge in [-0.25, -0.2) is 4.79 Å². The molecule has 1 amide bonds. The minimum absolute atomic E-state index is 0.000155. The van der Waals surface area contributed by atoms with Crippen molar-refractivity contribution in [3.05, 3.63) is 48.0 Å². The van der Waals surface area contributed by atoms with Crippen molar-refractivity contribution < 1.29 is 42.9 Å². The van der Waals surface area contributed by atoms with Gasteiger partial charge in [0.15, 0.2) is 12.6 Å². The van der Waals surface area contributed by atoms with Gasteiger partial charge >= 0.3 is 5.97 Å². The molecule has 10 nitrogen and oxygen atoms in total. The zero-order chi connectivity index (χ0) is 37.1. The first-order valence-corrected chi connectivity index (χ1v) is 19.9. The molecule has 8 atom stereocenters. The maximum Gasteiger partial charge on any atom is 0.328 e. The van der Waals surface area contributed by atoms with Crippen molar-refractivity contribution in [2.75, 3.05) is 20.3 Å². The molecule has 1 saturated carbocycles. The number of nitrogens with one attached hydrogen (secondary N) is 1. The SMILES string of the molecule is CCCC[C@H](C)C[C@H](/C=C/[C@H]1[C@H](OC2CCCCO2)CC(=O)[C@@H]1CC(=O)CCCCC(=O)N[C@@H](Cc1ccccc1)C(=O)OC)OC1CCCCO1. The molecule has 2 aliphatic heterocycles. The van der Waals surface area contributed by atoms with Crippen molar-refractivity contribution in [3.8, 4) is 0 Å². The number of esters is 1. The number of rotatable bonds is 22. The van der Waals surface area contributed by atoms with Gasteiger partial charge in [-0.3, -0.25) is 14.4 Å². The second-order valence-electron chi connectivity index (χ2n) is 14.9. The fourth-order valence-electron chi connectivity index (χ4n) is 7.54. The van der Waals surface area contributed by atoms with Crippen LogP contribution >= 0.6 is 0 Å². The number of benzene rings is 1. The molecule has 0 radical (unpaired) electrons. The lowest BCUT2D eigenvalue weighted by molar-refractivity contribution is -0.192. The highest BCUT2D eigenvalue weighted by Gasteiger charge is 2.44. The highest BCUT2D eigenvalue weighted by atomic mass is 16.7. The number of hydrogen-bond acceptors (Lipinski definition) is 9. The number of ether oxygens (including phenoxy) is 5. The Kier molecular flexibility index (Phi) is 18.5. The molecule has 1 aliphatic carbocycles. The Labute approximate surface area is 311 Å². The highest BCUT2D eigenvalue weighted by molar-refractivity contribution is 5.90. The Balaban J connectivity index is 1.35. The molecule has 2 saturated heterocycles. The van der Waals surface area contributed by atoms with Crippen LogP contribution in [0.3, 0.4) is 0 Å². The first kappa shape index (κ1) is 41.8. The van der Waals surface area contributed by atoms with Crippen LogP contribution in [-0.4, -0.2) is 74.6 Å². The zero-order valence-electron chi connectivity index (χ0n) is 31.8. The highest BCUT2D eigenvalue weighted by Crippen LogP contribution is 2.37. The van der Waals surface area contributed by atoms with E-state index in [-0.39, 0.29) is 73.9 Å². The third kappa shape index (κ3) is 14.5. The van der Waals surface area contributed by atoms with Crippen LogP contribution in [0.25, 0.3) is 0 Å². The maximum atomic E-state index is 13.5. The fraction of sp³-hybridized carbons (Fsp3) is 0.714. The summed E-state index contributed by atoms with van der Waals surface area (Å²) in [5.41, 5.74) is 0.917. The number of ketones is 2. The van der Waals surface area contributed by atoms with Crippen molar-refractivity contribution in [2.45, 2.75) is 154 Å². The molecule has 1 N–H and O–H groups in total. The van der Waals surface area contributed by atoms with Gasteiger partial charge in [0.25, 0.3) is 0 Å². The van der Waals surface area contributed by atoms with E-state index in [1.165, 1.54) is 13.5 Å². The van der Waals surface area contributed by atoms with Crippen LogP contribution in [0.4, 0.5) is 0 Å². The number of Topliss-reactive ketones (excluding diaryl/α,β-unsaturated/α-hetero) is 2. The molecular formula is C42H63NO9. The lowest BCUT2D eigenvalue weighted by Gasteiger charge is -2.30. The normalized spacial score (nSPS) is 25.4. The van der Waals surface area contributed by atoms with Crippen LogP contribution in [-0.2, 0) is 49.3 Å².